The summed E-state index contributed by atoms with van der Waals surface area (Å²) in [5, 5.41) is 13.7. The van der Waals surface area contributed by atoms with Gasteiger partial charge in [-0.3, -0.25) is 9.89 Å². The van der Waals surface area contributed by atoms with Gasteiger partial charge >= 0.3 is 6.18 Å². The predicted octanol–water partition coefficient (Wildman–Crippen LogP) is 4.66. The Morgan fingerprint density at radius 1 is 1.11 bits per heavy atom. The molecule has 1 amide bonds. The summed E-state index contributed by atoms with van der Waals surface area (Å²) in [4.78, 5) is 16.8. The molecule has 0 aliphatic carbocycles. The Labute approximate surface area is 204 Å². The van der Waals surface area contributed by atoms with E-state index in [1.807, 2.05) is 18.2 Å². The van der Waals surface area contributed by atoms with Crippen molar-refractivity contribution in [1.29, 1.82) is 0 Å². The van der Waals surface area contributed by atoms with Gasteiger partial charge in [-0.2, -0.15) is 13.2 Å². The molecule has 0 aliphatic heterocycles. The summed E-state index contributed by atoms with van der Waals surface area (Å²) in [5.41, 5.74) is 0.766. The van der Waals surface area contributed by atoms with Gasteiger partial charge < -0.3 is 19.3 Å². The van der Waals surface area contributed by atoms with Crippen LogP contribution in [0.5, 0.6) is 5.88 Å². The molecule has 0 aliphatic rings. The number of carbonyl (C=O) groups is 1. The minimum atomic E-state index is -4.52. The number of ether oxygens (including phenoxy) is 2. The molecular weight excluding hydrogens is 479 g/mol. The molecule has 0 bridgehead atoms. The largest absolute Gasteiger partial charge is 0.474 e. The smallest absolute Gasteiger partial charge is 0.401 e. The molecule has 12 heteroatoms. The van der Waals surface area contributed by atoms with E-state index in [1.54, 1.807) is 25.4 Å². The van der Waals surface area contributed by atoms with Crippen LogP contribution in [-0.2, 0) is 21.4 Å². The first kappa shape index (κ1) is 25.2. The minimum absolute atomic E-state index is 0.00163. The second kappa shape index (κ2) is 9.97. The molecule has 0 saturated heterocycles. The number of nitrogens with one attached hydrogen (secondary N) is 2. The topological polar surface area (TPSA) is 115 Å². The van der Waals surface area contributed by atoms with Gasteiger partial charge in [0.15, 0.2) is 17.2 Å². The summed E-state index contributed by atoms with van der Waals surface area (Å²) < 4.78 is 55.0. The standard InChI is InChI=1S/C24H24F3N5O4/c1-23(2,24(25,26)27)18-12-19(32-36-18)29-20(33)10-14-4-6-15(7-5-14)16-11-17-21(28-13-16)30-31-22(17)35-9-8-34-3/h4-7,11-13H,8-10H2,1-3H3,(H,28,30,31)(H,29,32,33). The van der Waals surface area contributed by atoms with E-state index < -0.39 is 17.5 Å². The summed E-state index contributed by atoms with van der Waals surface area (Å²) in [5.74, 6) is -0.469. The summed E-state index contributed by atoms with van der Waals surface area (Å²) in [7, 11) is 1.59. The maximum atomic E-state index is 13.2. The van der Waals surface area contributed by atoms with E-state index in [4.69, 9.17) is 14.0 Å². The highest BCUT2D eigenvalue weighted by Gasteiger charge is 2.51. The van der Waals surface area contributed by atoms with Gasteiger partial charge in [0.05, 0.1) is 18.4 Å². The molecule has 9 nitrogen and oxygen atoms in total. The number of hydrogen-bond donors (Lipinski definition) is 2. The SMILES string of the molecule is COCCOc1n[nH]c2ncc(-c3ccc(CC(=O)Nc4cc(C(C)(C)C(F)(F)F)on4)cc3)cc12. The molecule has 0 spiro atoms. The summed E-state index contributed by atoms with van der Waals surface area (Å²) in [6.45, 7) is 2.75. The monoisotopic (exact) mass is 503 g/mol. The number of H-pyrrole nitrogens is 1. The van der Waals surface area contributed by atoms with Gasteiger partial charge in [-0.05, 0) is 31.0 Å². The summed E-state index contributed by atoms with van der Waals surface area (Å²) >= 11 is 0. The summed E-state index contributed by atoms with van der Waals surface area (Å²) in [6, 6.07) is 10.2. The van der Waals surface area contributed by atoms with Crippen molar-refractivity contribution in [3.8, 4) is 17.0 Å². The maximum absolute atomic E-state index is 13.2. The van der Waals surface area contributed by atoms with E-state index in [-0.39, 0.29) is 18.0 Å². The lowest BCUT2D eigenvalue weighted by molar-refractivity contribution is -0.185. The number of halogens is 3. The van der Waals surface area contributed by atoms with E-state index in [9.17, 15) is 18.0 Å². The highest BCUT2D eigenvalue weighted by Crippen LogP contribution is 2.41. The molecule has 0 fully saturated rings. The zero-order valence-corrected chi connectivity index (χ0v) is 19.8. The lowest BCUT2D eigenvalue weighted by Crippen LogP contribution is -2.35. The van der Waals surface area contributed by atoms with Crippen molar-refractivity contribution < 1.29 is 32.0 Å². The van der Waals surface area contributed by atoms with Gasteiger partial charge in [-0.25, -0.2) is 4.98 Å². The lowest BCUT2D eigenvalue weighted by Gasteiger charge is -2.24. The third-order valence-electron chi connectivity index (χ3n) is 5.66. The Hall–Kier alpha value is -3.93. The molecule has 2 N–H and O–H groups in total. The molecule has 0 radical (unpaired) electrons. The van der Waals surface area contributed by atoms with Crippen LogP contribution in [0.15, 0.2) is 47.1 Å². The Balaban J connectivity index is 1.41. The molecule has 4 rings (SSSR count). The van der Waals surface area contributed by atoms with E-state index in [1.165, 1.54) is 0 Å². The highest BCUT2D eigenvalue weighted by molar-refractivity contribution is 5.91. The number of benzene rings is 1. The molecule has 190 valence electrons. The fourth-order valence-electron chi connectivity index (χ4n) is 3.33. The first-order valence-corrected chi connectivity index (χ1v) is 11.0. The number of methoxy groups -OCH3 is 1. The van der Waals surface area contributed by atoms with Crippen LogP contribution >= 0.6 is 0 Å². The number of aromatic amines is 1. The molecule has 1 aromatic carbocycles. The number of hydrogen-bond acceptors (Lipinski definition) is 7. The Bertz CT molecular complexity index is 1350. The van der Waals surface area contributed by atoms with Crippen LogP contribution < -0.4 is 10.1 Å². The molecule has 36 heavy (non-hydrogen) atoms. The number of fused-ring (bicyclic) bond motifs is 1. The Morgan fingerprint density at radius 2 is 1.86 bits per heavy atom. The Kier molecular flexibility index (Phi) is 6.97. The van der Waals surface area contributed by atoms with Crippen LogP contribution in [0.25, 0.3) is 22.2 Å². The molecular formula is C24H24F3N5O4. The van der Waals surface area contributed by atoms with Crippen LogP contribution in [0.4, 0.5) is 19.0 Å². The zero-order chi connectivity index (χ0) is 25.9. The molecule has 0 atom stereocenters. The van der Waals surface area contributed by atoms with Crippen LogP contribution in [0.1, 0.15) is 25.2 Å². The van der Waals surface area contributed by atoms with Gasteiger partial charge in [0, 0.05) is 24.9 Å². The number of carbonyl (C=O) groups excluding carboxylic acids is 1. The third-order valence-corrected chi connectivity index (χ3v) is 5.66. The first-order chi connectivity index (χ1) is 17.1. The minimum Gasteiger partial charge on any atom is -0.474 e. The molecule has 3 aromatic heterocycles. The maximum Gasteiger partial charge on any atom is 0.401 e. The van der Waals surface area contributed by atoms with E-state index in [0.29, 0.717) is 30.3 Å². The zero-order valence-electron chi connectivity index (χ0n) is 19.8. The number of nitrogens with zero attached hydrogens (tertiary/aromatic N) is 3. The van der Waals surface area contributed by atoms with Crippen molar-refractivity contribution in [2.75, 3.05) is 25.6 Å². The van der Waals surface area contributed by atoms with Crippen molar-refractivity contribution in [3.05, 3.63) is 53.9 Å². The van der Waals surface area contributed by atoms with Crippen molar-refractivity contribution in [3.63, 3.8) is 0 Å². The Morgan fingerprint density at radius 3 is 2.56 bits per heavy atom. The average molecular weight is 503 g/mol. The second-order valence-corrected chi connectivity index (χ2v) is 8.61. The first-order valence-electron chi connectivity index (χ1n) is 11.0. The van der Waals surface area contributed by atoms with Crippen LogP contribution in [0, 0.1) is 0 Å². The molecule has 0 saturated carbocycles. The number of amides is 1. The number of anilines is 1. The van der Waals surface area contributed by atoms with Gasteiger partial charge in [-0.1, -0.05) is 29.4 Å². The normalized spacial score (nSPS) is 12.2. The fraction of sp³-hybridized carbons (Fsp3) is 0.333. The number of rotatable bonds is 9. The molecule has 4 aromatic rings. The van der Waals surface area contributed by atoms with E-state index in [0.717, 1.165) is 36.4 Å². The number of alkyl halides is 3. The van der Waals surface area contributed by atoms with Gasteiger partial charge in [0.2, 0.25) is 11.8 Å². The van der Waals surface area contributed by atoms with Crippen molar-refractivity contribution in [2.45, 2.75) is 31.9 Å². The average Bonchev–Trinajstić information content (AvgIpc) is 3.46. The van der Waals surface area contributed by atoms with E-state index in [2.05, 4.69) is 25.7 Å². The fourth-order valence-corrected chi connectivity index (χ4v) is 3.33. The van der Waals surface area contributed by atoms with Crippen LogP contribution in [0.3, 0.4) is 0 Å². The summed E-state index contributed by atoms with van der Waals surface area (Å²) in [6.07, 6.45) is -2.82. The predicted molar refractivity (Wildman–Crippen MR) is 125 cm³/mol. The van der Waals surface area contributed by atoms with Gasteiger partial charge in [0.25, 0.3) is 0 Å². The lowest BCUT2D eigenvalue weighted by atomic mass is 9.89. The third kappa shape index (κ3) is 5.33. The van der Waals surface area contributed by atoms with Crippen LogP contribution in [-0.4, -0.2) is 52.7 Å². The van der Waals surface area contributed by atoms with Gasteiger partial charge in [0.1, 0.15) is 12.0 Å². The van der Waals surface area contributed by atoms with Crippen LogP contribution in [0.2, 0.25) is 0 Å². The second-order valence-electron chi connectivity index (χ2n) is 8.61. The quantitative estimate of drug-likeness (QED) is 0.319. The number of aromatic nitrogens is 4. The van der Waals surface area contributed by atoms with Crippen molar-refractivity contribution in [1.82, 2.24) is 20.3 Å². The molecule has 0 unspecified atom stereocenters. The van der Waals surface area contributed by atoms with Crippen molar-refractivity contribution in [2.24, 2.45) is 0 Å². The number of pyridine rings is 1. The van der Waals surface area contributed by atoms with E-state index >= 15 is 0 Å². The van der Waals surface area contributed by atoms with Crippen molar-refractivity contribution >= 4 is 22.8 Å². The molecule has 3 heterocycles. The van der Waals surface area contributed by atoms with Gasteiger partial charge in [-0.15, -0.1) is 5.10 Å². The highest BCUT2D eigenvalue weighted by atomic mass is 19.4.